The Morgan fingerprint density at radius 3 is 2.00 bits per heavy atom. The van der Waals surface area contributed by atoms with Crippen LogP contribution in [0, 0.1) is 13.8 Å². The molecule has 1 nitrogen and oxygen atoms in total. The van der Waals surface area contributed by atoms with E-state index >= 15 is 0 Å². The predicted octanol–water partition coefficient (Wildman–Crippen LogP) is 4.29. The van der Waals surface area contributed by atoms with E-state index in [4.69, 9.17) is 0 Å². The molecule has 0 fully saturated rings. The molecule has 0 bridgehead atoms. The van der Waals surface area contributed by atoms with Crippen LogP contribution in [0.4, 0.5) is 0 Å². The van der Waals surface area contributed by atoms with Crippen LogP contribution < -0.4 is 0 Å². The molecule has 0 saturated carbocycles. The van der Waals surface area contributed by atoms with Gasteiger partial charge in [0.1, 0.15) is 0 Å². The van der Waals surface area contributed by atoms with Crippen LogP contribution in [-0.2, 0) is 12.8 Å². The van der Waals surface area contributed by atoms with E-state index in [1.54, 1.807) is 0 Å². The standard InChI is InChI=1S/C18H20O/c1-4-15-5-7-17(8-6-15)18(19)12-16-10-13(2)9-14(3)11-16/h5-11H,4,12H2,1-3H3. The van der Waals surface area contributed by atoms with Gasteiger partial charge in [0.05, 0.1) is 0 Å². The van der Waals surface area contributed by atoms with Crippen molar-refractivity contribution >= 4 is 5.78 Å². The van der Waals surface area contributed by atoms with Crippen LogP contribution in [0.25, 0.3) is 0 Å². The largest absolute Gasteiger partial charge is 0.294 e. The van der Waals surface area contributed by atoms with Crippen LogP contribution in [0.2, 0.25) is 0 Å². The third-order valence-electron chi connectivity index (χ3n) is 3.33. The van der Waals surface area contributed by atoms with Crippen LogP contribution in [0.15, 0.2) is 42.5 Å². The minimum Gasteiger partial charge on any atom is -0.294 e. The van der Waals surface area contributed by atoms with Crippen molar-refractivity contribution in [3.63, 3.8) is 0 Å². The zero-order valence-electron chi connectivity index (χ0n) is 11.9. The number of benzene rings is 2. The van der Waals surface area contributed by atoms with E-state index in [1.165, 1.54) is 16.7 Å². The van der Waals surface area contributed by atoms with E-state index in [-0.39, 0.29) is 5.78 Å². The fraction of sp³-hybridized carbons (Fsp3) is 0.278. The molecule has 0 amide bonds. The lowest BCUT2D eigenvalue weighted by Gasteiger charge is -2.05. The molecule has 0 heterocycles. The van der Waals surface area contributed by atoms with Gasteiger partial charge in [-0.25, -0.2) is 0 Å². The van der Waals surface area contributed by atoms with Gasteiger partial charge >= 0.3 is 0 Å². The number of hydrogen-bond acceptors (Lipinski definition) is 1. The molecular weight excluding hydrogens is 232 g/mol. The second-order valence-electron chi connectivity index (χ2n) is 5.15. The zero-order valence-corrected chi connectivity index (χ0v) is 11.9. The smallest absolute Gasteiger partial charge is 0.167 e. The first kappa shape index (κ1) is 13.5. The van der Waals surface area contributed by atoms with Gasteiger partial charge in [-0.3, -0.25) is 4.79 Å². The van der Waals surface area contributed by atoms with Crippen molar-refractivity contribution in [2.24, 2.45) is 0 Å². The van der Waals surface area contributed by atoms with E-state index in [0.717, 1.165) is 17.5 Å². The number of Topliss-reactive ketones (excluding diaryl/α,β-unsaturated/α-hetero) is 1. The predicted molar refractivity (Wildman–Crippen MR) is 79.8 cm³/mol. The Hall–Kier alpha value is -1.89. The highest BCUT2D eigenvalue weighted by Gasteiger charge is 2.07. The van der Waals surface area contributed by atoms with Crippen LogP contribution in [-0.4, -0.2) is 5.78 Å². The van der Waals surface area contributed by atoms with Crippen molar-refractivity contribution in [1.29, 1.82) is 0 Å². The maximum absolute atomic E-state index is 12.2. The first-order valence-electron chi connectivity index (χ1n) is 6.78. The van der Waals surface area contributed by atoms with E-state index < -0.39 is 0 Å². The van der Waals surface area contributed by atoms with Gasteiger partial charge in [-0.2, -0.15) is 0 Å². The second-order valence-corrected chi connectivity index (χ2v) is 5.15. The average Bonchev–Trinajstić information content (AvgIpc) is 2.37. The molecule has 0 aliphatic carbocycles. The van der Waals surface area contributed by atoms with Gasteiger partial charge in [0.2, 0.25) is 0 Å². The maximum atomic E-state index is 12.2. The van der Waals surface area contributed by atoms with Gasteiger partial charge in [-0.05, 0) is 31.4 Å². The lowest BCUT2D eigenvalue weighted by Crippen LogP contribution is -2.04. The monoisotopic (exact) mass is 252 g/mol. The molecule has 1 heteroatoms. The molecule has 0 unspecified atom stereocenters. The fourth-order valence-corrected chi connectivity index (χ4v) is 2.38. The van der Waals surface area contributed by atoms with Crippen molar-refractivity contribution in [3.8, 4) is 0 Å². The van der Waals surface area contributed by atoms with Crippen molar-refractivity contribution in [1.82, 2.24) is 0 Å². The summed E-state index contributed by atoms with van der Waals surface area (Å²) in [6, 6.07) is 14.2. The molecule has 0 spiro atoms. The molecule has 0 atom stereocenters. The van der Waals surface area contributed by atoms with Gasteiger partial charge in [-0.15, -0.1) is 0 Å². The SMILES string of the molecule is CCc1ccc(C(=O)Cc2cc(C)cc(C)c2)cc1. The third-order valence-corrected chi connectivity index (χ3v) is 3.33. The zero-order chi connectivity index (χ0) is 13.8. The first-order chi connectivity index (χ1) is 9.08. The van der Waals surface area contributed by atoms with Crippen LogP contribution in [0.1, 0.15) is 39.5 Å². The summed E-state index contributed by atoms with van der Waals surface area (Å²) in [6.07, 6.45) is 1.49. The number of carbonyl (C=O) groups excluding carboxylic acids is 1. The Kier molecular flexibility index (Phi) is 4.16. The minimum absolute atomic E-state index is 0.188. The molecule has 0 aliphatic heterocycles. The number of ketones is 1. The lowest BCUT2D eigenvalue weighted by molar-refractivity contribution is 0.0993. The molecule has 2 aromatic rings. The number of hydrogen-bond donors (Lipinski definition) is 0. The second kappa shape index (κ2) is 5.83. The Morgan fingerprint density at radius 1 is 0.895 bits per heavy atom. The minimum atomic E-state index is 0.188. The highest BCUT2D eigenvalue weighted by Crippen LogP contribution is 2.13. The van der Waals surface area contributed by atoms with Gasteiger partial charge in [0.25, 0.3) is 0 Å². The summed E-state index contributed by atoms with van der Waals surface area (Å²) in [7, 11) is 0. The number of carbonyl (C=O) groups is 1. The highest BCUT2D eigenvalue weighted by molar-refractivity contribution is 5.97. The maximum Gasteiger partial charge on any atom is 0.167 e. The molecule has 2 rings (SSSR count). The summed E-state index contributed by atoms with van der Waals surface area (Å²) in [5.74, 6) is 0.188. The van der Waals surface area contributed by atoms with E-state index in [1.807, 2.05) is 24.3 Å². The molecule has 0 aromatic heterocycles. The van der Waals surface area contributed by atoms with E-state index in [0.29, 0.717) is 6.42 Å². The molecule has 0 N–H and O–H groups in total. The van der Waals surface area contributed by atoms with Gasteiger partial charge in [0, 0.05) is 12.0 Å². The van der Waals surface area contributed by atoms with Gasteiger partial charge < -0.3 is 0 Å². The molecule has 0 aliphatic rings. The summed E-state index contributed by atoms with van der Waals surface area (Å²) < 4.78 is 0. The van der Waals surface area contributed by atoms with Crippen LogP contribution >= 0.6 is 0 Å². The van der Waals surface area contributed by atoms with Crippen LogP contribution in [0.3, 0.4) is 0 Å². The molecular formula is C18H20O. The van der Waals surface area contributed by atoms with E-state index in [9.17, 15) is 4.79 Å². The molecule has 2 aromatic carbocycles. The van der Waals surface area contributed by atoms with Crippen molar-refractivity contribution in [2.75, 3.05) is 0 Å². The van der Waals surface area contributed by atoms with Crippen molar-refractivity contribution < 1.29 is 4.79 Å². The van der Waals surface area contributed by atoms with Crippen LogP contribution in [0.5, 0.6) is 0 Å². The normalized spacial score (nSPS) is 10.5. The van der Waals surface area contributed by atoms with Gasteiger partial charge in [0.15, 0.2) is 5.78 Å². The number of aryl methyl sites for hydroxylation is 3. The number of rotatable bonds is 4. The van der Waals surface area contributed by atoms with Gasteiger partial charge in [-0.1, -0.05) is 60.5 Å². The topological polar surface area (TPSA) is 17.1 Å². The van der Waals surface area contributed by atoms with Crippen molar-refractivity contribution in [3.05, 3.63) is 70.3 Å². The average molecular weight is 252 g/mol. The first-order valence-corrected chi connectivity index (χ1v) is 6.78. The Bertz CT molecular complexity index is 559. The summed E-state index contributed by atoms with van der Waals surface area (Å²) in [4.78, 5) is 12.2. The van der Waals surface area contributed by atoms with Crippen molar-refractivity contribution in [2.45, 2.75) is 33.6 Å². The Morgan fingerprint density at radius 2 is 1.47 bits per heavy atom. The quantitative estimate of drug-likeness (QED) is 0.742. The fourth-order valence-electron chi connectivity index (χ4n) is 2.38. The summed E-state index contributed by atoms with van der Waals surface area (Å²) in [6.45, 7) is 6.25. The molecule has 19 heavy (non-hydrogen) atoms. The van der Waals surface area contributed by atoms with E-state index in [2.05, 4.69) is 39.0 Å². The lowest BCUT2D eigenvalue weighted by atomic mass is 9.99. The molecule has 0 radical (unpaired) electrons. The third kappa shape index (κ3) is 3.54. The Balaban J connectivity index is 2.15. The molecule has 0 saturated heterocycles. The summed E-state index contributed by atoms with van der Waals surface area (Å²) >= 11 is 0. The summed E-state index contributed by atoms with van der Waals surface area (Å²) in [5, 5.41) is 0. The molecule has 98 valence electrons. The summed E-state index contributed by atoms with van der Waals surface area (Å²) in [5.41, 5.74) is 5.59. The highest BCUT2D eigenvalue weighted by atomic mass is 16.1. The Labute approximate surface area is 115 Å².